The van der Waals surface area contributed by atoms with E-state index in [2.05, 4.69) is 17.1 Å². The van der Waals surface area contributed by atoms with E-state index in [1.54, 1.807) is 0 Å². The Morgan fingerprint density at radius 3 is 2.44 bits per heavy atom. The van der Waals surface area contributed by atoms with Crippen LogP contribution in [0.4, 0.5) is 0 Å². The molecule has 1 N–H and O–H groups in total. The van der Waals surface area contributed by atoms with Crippen LogP contribution in [0.15, 0.2) is 0 Å². The largest absolute Gasteiger partial charge is 0.310 e. The Balaban J connectivity index is 1.54. The number of piperidine rings is 1. The average Bonchev–Trinajstić information content (AvgIpc) is 3.09. The molecule has 3 aliphatic rings. The minimum Gasteiger partial charge on any atom is -0.310 e. The van der Waals surface area contributed by atoms with E-state index < -0.39 is 0 Å². The van der Waals surface area contributed by atoms with Gasteiger partial charge in [0.15, 0.2) is 0 Å². The molecule has 0 aromatic heterocycles. The molecule has 2 unspecified atom stereocenters. The molecule has 3 rings (SSSR count). The molecule has 0 bridgehead atoms. The first kappa shape index (κ1) is 12.9. The van der Waals surface area contributed by atoms with Crippen molar-refractivity contribution < 1.29 is 0 Å². The van der Waals surface area contributed by atoms with Crippen molar-refractivity contribution in [1.82, 2.24) is 10.2 Å². The first-order valence-corrected chi connectivity index (χ1v) is 8.35. The molecule has 18 heavy (non-hydrogen) atoms. The Labute approximate surface area is 113 Å². The summed E-state index contributed by atoms with van der Waals surface area (Å²) in [6, 6.07) is 2.59. The van der Waals surface area contributed by atoms with Crippen LogP contribution in [0.5, 0.6) is 0 Å². The van der Waals surface area contributed by atoms with E-state index in [1.807, 2.05) is 0 Å². The maximum Gasteiger partial charge on any atom is 0.0200 e. The fourth-order valence-electron chi connectivity index (χ4n) is 4.14. The molecule has 2 saturated carbocycles. The Bertz CT molecular complexity index is 254. The highest BCUT2D eigenvalue weighted by atomic mass is 15.2. The second-order valence-electron chi connectivity index (χ2n) is 6.92. The molecule has 104 valence electrons. The lowest BCUT2D eigenvalue weighted by Crippen LogP contribution is -2.52. The Morgan fingerprint density at radius 1 is 1.00 bits per heavy atom. The molecule has 2 heteroatoms. The van der Waals surface area contributed by atoms with Crippen molar-refractivity contribution in [2.45, 2.75) is 82.8 Å². The first-order valence-electron chi connectivity index (χ1n) is 8.35. The summed E-state index contributed by atoms with van der Waals surface area (Å²) in [5.41, 5.74) is 0. The molecule has 0 radical (unpaired) electrons. The molecule has 1 heterocycles. The van der Waals surface area contributed by atoms with Crippen LogP contribution in [0, 0.1) is 5.92 Å². The van der Waals surface area contributed by atoms with Gasteiger partial charge in [-0.15, -0.1) is 0 Å². The fraction of sp³-hybridized carbons (Fsp3) is 1.00. The minimum atomic E-state index is 0.791. The summed E-state index contributed by atoms with van der Waals surface area (Å²) >= 11 is 0. The lowest BCUT2D eigenvalue weighted by atomic mass is 9.90. The molecule has 0 spiro atoms. The summed E-state index contributed by atoms with van der Waals surface area (Å²) in [6.45, 7) is 5.07. The molecule has 3 fully saturated rings. The van der Waals surface area contributed by atoms with Gasteiger partial charge in [-0.25, -0.2) is 0 Å². The van der Waals surface area contributed by atoms with Crippen LogP contribution in [-0.2, 0) is 0 Å². The van der Waals surface area contributed by atoms with E-state index in [-0.39, 0.29) is 0 Å². The maximum atomic E-state index is 3.98. The van der Waals surface area contributed by atoms with Gasteiger partial charge in [-0.2, -0.15) is 0 Å². The van der Waals surface area contributed by atoms with Crippen LogP contribution < -0.4 is 5.32 Å². The minimum absolute atomic E-state index is 0.791. The van der Waals surface area contributed by atoms with Gasteiger partial charge in [-0.05, 0) is 44.4 Å². The maximum absolute atomic E-state index is 3.98. The van der Waals surface area contributed by atoms with Crippen LogP contribution in [-0.4, -0.2) is 36.1 Å². The summed E-state index contributed by atoms with van der Waals surface area (Å²) in [4.78, 5) is 2.80. The Kier molecular flexibility index (Phi) is 4.25. The molecule has 2 atom stereocenters. The number of rotatable bonds is 5. The third-order valence-corrected chi connectivity index (χ3v) is 5.15. The number of hydrogen-bond donors (Lipinski definition) is 1. The third-order valence-electron chi connectivity index (χ3n) is 5.15. The SMILES string of the molecule is CCCC1CC(NC2CCCC2)CN(C2CC2)C1. The molecular weight excluding hydrogens is 220 g/mol. The van der Waals surface area contributed by atoms with Gasteiger partial charge in [0.1, 0.15) is 0 Å². The zero-order valence-electron chi connectivity index (χ0n) is 12.0. The predicted octanol–water partition coefficient (Wildman–Crippen LogP) is 3.17. The van der Waals surface area contributed by atoms with Gasteiger partial charge in [-0.3, -0.25) is 4.90 Å². The summed E-state index contributed by atoms with van der Waals surface area (Å²) in [7, 11) is 0. The van der Waals surface area contributed by atoms with Crippen LogP contribution >= 0.6 is 0 Å². The normalized spacial score (nSPS) is 35.2. The van der Waals surface area contributed by atoms with Gasteiger partial charge in [0.25, 0.3) is 0 Å². The monoisotopic (exact) mass is 250 g/mol. The van der Waals surface area contributed by atoms with Crippen molar-refractivity contribution in [2.24, 2.45) is 5.92 Å². The van der Waals surface area contributed by atoms with Crippen molar-refractivity contribution >= 4 is 0 Å². The highest BCUT2D eigenvalue weighted by molar-refractivity contribution is 4.93. The van der Waals surface area contributed by atoms with Crippen LogP contribution in [0.1, 0.15) is 64.7 Å². The van der Waals surface area contributed by atoms with E-state index in [0.29, 0.717) is 0 Å². The van der Waals surface area contributed by atoms with E-state index in [1.165, 1.54) is 70.9 Å². The smallest absolute Gasteiger partial charge is 0.0200 e. The molecule has 2 nitrogen and oxygen atoms in total. The standard InChI is InChI=1S/C16H30N2/c1-2-5-13-10-15(17-14-6-3-4-7-14)12-18(11-13)16-8-9-16/h13-17H,2-12H2,1H3. The van der Waals surface area contributed by atoms with Gasteiger partial charge in [-0.1, -0.05) is 26.2 Å². The first-order chi connectivity index (χ1) is 8.85. The lowest BCUT2D eigenvalue weighted by molar-refractivity contribution is 0.123. The van der Waals surface area contributed by atoms with Crippen molar-refractivity contribution in [1.29, 1.82) is 0 Å². The van der Waals surface area contributed by atoms with Gasteiger partial charge >= 0.3 is 0 Å². The quantitative estimate of drug-likeness (QED) is 0.806. The van der Waals surface area contributed by atoms with Crippen LogP contribution in [0.3, 0.4) is 0 Å². The molecule has 1 aliphatic heterocycles. The van der Waals surface area contributed by atoms with Crippen molar-refractivity contribution in [2.75, 3.05) is 13.1 Å². The van der Waals surface area contributed by atoms with E-state index in [9.17, 15) is 0 Å². The average molecular weight is 250 g/mol. The fourth-order valence-corrected chi connectivity index (χ4v) is 4.14. The highest BCUT2D eigenvalue weighted by Gasteiger charge is 2.36. The van der Waals surface area contributed by atoms with E-state index in [0.717, 1.165) is 24.0 Å². The van der Waals surface area contributed by atoms with Crippen molar-refractivity contribution in [3.63, 3.8) is 0 Å². The van der Waals surface area contributed by atoms with Crippen LogP contribution in [0.25, 0.3) is 0 Å². The lowest BCUT2D eigenvalue weighted by Gasteiger charge is -2.39. The molecular formula is C16H30N2. The van der Waals surface area contributed by atoms with E-state index >= 15 is 0 Å². The summed E-state index contributed by atoms with van der Waals surface area (Å²) in [5, 5.41) is 3.98. The third kappa shape index (κ3) is 3.27. The number of likely N-dealkylation sites (tertiary alicyclic amines) is 1. The summed E-state index contributed by atoms with van der Waals surface area (Å²) in [5.74, 6) is 0.961. The van der Waals surface area contributed by atoms with Gasteiger partial charge in [0, 0.05) is 31.2 Å². The van der Waals surface area contributed by atoms with Gasteiger partial charge in [0.05, 0.1) is 0 Å². The number of hydrogen-bond acceptors (Lipinski definition) is 2. The zero-order chi connectivity index (χ0) is 12.4. The highest BCUT2D eigenvalue weighted by Crippen LogP contribution is 2.33. The molecule has 1 saturated heterocycles. The van der Waals surface area contributed by atoms with Crippen molar-refractivity contribution in [3.05, 3.63) is 0 Å². The molecule has 2 aliphatic carbocycles. The van der Waals surface area contributed by atoms with Gasteiger partial charge < -0.3 is 5.32 Å². The van der Waals surface area contributed by atoms with Gasteiger partial charge in [0.2, 0.25) is 0 Å². The molecule has 0 amide bonds. The number of nitrogens with zero attached hydrogens (tertiary/aromatic N) is 1. The summed E-state index contributed by atoms with van der Waals surface area (Å²) < 4.78 is 0. The number of nitrogens with one attached hydrogen (secondary N) is 1. The Hall–Kier alpha value is -0.0800. The predicted molar refractivity (Wildman–Crippen MR) is 76.8 cm³/mol. The summed E-state index contributed by atoms with van der Waals surface area (Å²) in [6.07, 6.45) is 12.9. The topological polar surface area (TPSA) is 15.3 Å². The zero-order valence-corrected chi connectivity index (χ0v) is 12.0. The molecule has 0 aromatic carbocycles. The van der Waals surface area contributed by atoms with Crippen molar-refractivity contribution in [3.8, 4) is 0 Å². The Morgan fingerprint density at radius 2 is 1.78 bits per heavy atom. The molecule has 0 aromatic rings. The van der Waals surface area contributed by atoms with Crippen LogP contribution in [0.2, 0.25) is 0 Å². The second kappa shape index (κ2) is 5.92. The van der Waals surface area contributed by atoms with E-state index in [4.69, 9.17) is 0 Å². The second-order valence-corrected chi connectivity index (χ2v) is 6.92.